The quantitative estimate of drug-likeness (QED) is 0.619. The van der Waals surface area contributed by atoms with Crippen LogP contribution >= 0.6 is 0 Å². The molecule has 1 unspecified atom stereocenters. The first kappa shape index (κ1) is 22.2. The fourth-order valence-electron chi connectivity index (χ4n) is 2.89. The van der Waals surface area contributed by atoms with Crippen molar-refractivity contribution in [3.05, 3.63) is 59.7 Å². The van der Waals surface area contributed by atoms with Crippen LogP contribution < -0.4 is 9.47 Å². The van der Waals surface area contributed by atoms with Crippen molar-refractivity contribution in [3.63, 3.8) is 0 Å². The molecule has 2 rings (SSSR count). The molecule has 6 nitrogen and oxygen atoms in total. The molecule has 0 bridgehead atoms. The van der Waals surface area contributed by atoms with Gasteiger partial charge in [-0.25, -0.2) is 8.42 Å². The number of hydrogen-bond acceptors (Lipinski definition) is 5. The number of ether oxygens (including phenoxy) is 2. The number of sulfonamides is 1. The Balaban J connectivity index is 2.26. The van der Waals surface area contributed by atoms with E-state index in [0.29, 0.717) is 12.8 Å². The largest absolute Gasteiger partial charge is 0.497 e. The third-order valence-corrected chi connectivity index (χ3v) is 6.90. The van der Waals surface area contributed by atoms with E-state index >= 15 is 0 Å². The number of rotatable bonds is 11. The van der Waals surface area contributed by atoms with E-state index in [4.69, 9.17) is 14.6 Å². The molecule has 1 atom stereocenters. The predicted octanol–water partition coefficient (Wildman–Crippen LogP) is 3.20. The maximum absolute atomic E-state index is 13.2. The number of methoxy groups -OCH3 is 2. The Labute approximate surface area is 167 Å². The van der Waals surface area contributed by atoms with Gasteiger partial charge < -0.3 is 14.6 Å². The van der Waals surface area contributed by atoms with Gasteiger partial charge in [-0.3, -0.25) is 0 Å². The average molecular weight is 408 g/mol. The van der Waals surface area contributed by atoms with Gasteiger partial charge in [0.2, 0.25) is 10.0 Å². The number of aliphatic hydroxyl groups is 1. The maximum Gasteiger partial charge on any atom is 0.217 e. The van der Waals surface area contributed by atoms with Gasteiger partial charge in [0.05, 0.1) is 19.5 Å². The van der Waals surface area contributed by atoms with Crippen molar-refractivity contribution in [3.8, 4) is 11.5 Å². The second kappa shape index (κ2) is 10.5. The van der Waals surface area contributed by atoms with E-state index in [2.05, 4.69) is 0 Å². The SMILES string of the molecule is COc1ccc(CN(Cc2ccc(OC)cc2)S(=O)(=O)C(C)CCCO)cc1. The highest BCUT2D eigenvalue weighted by Gasteiger charge is 2.28. The summed E-state index contributed by atoms with van der Waals surface area (Å²) in [5, 5.41) is 8.48. The van der Waals surface area contributed by atoms with Gasteiger partial charge in [0.15, 0.2) is 0 Å². The highest BCUT2D eigenvalue weighted by Crippen LogP contribution is 2.22. The lowest BCUT2D eigenvalue weighted by atomic mass is 10.2. The molecule has 0 saturated heterocycles. The summed E-state index contributed by atoms with van der Waals surface area (Å²) < 4.78 is 38.2. The Kier molecular flexibility index (Phi) is 8.29. The van der Waals surface area contributed by atoms with Crippen LogP contribution in [0.2, 0.25) is 0 Å². The van der Waals surface area contributed by atoms with Crippen LogP contribution in [0, 0.1) is 0 Å². The summed E-state index contributed by atoms with van der Waals surface area (Å²) in [6.07, 6.45) is 0.875. The summed E-state index contributed by atoms with van der Waals surface area (Å²) in [4.78, 5) is 0. The van der Waals surface area contributed by atoms with E-state index in [1.54, 1.807) is 21.1 Å². The first-order valence-corrected chi connectivity index (χ1v) is 10.8. The lowest BCUT2D eigenvalue weighted by Gasteiger charge is -2.26. The Morgan fingerprint density at radius 1 is 0.893 bits per heavy atom. The van der Waals surface area contributed by atoms with Crippen molar-refractivity contribution in [2.75, 3.05) is 20.8 Å². The third kappa shape index (κ3) is 5.95. The molecule has 7 heteroatoms. The maximum atomic E-state index is 13.2. The molecule has 28 heavy (non-hydrogen) atoms. The van der Waals surface area contributed by atoms with Crippen LogP contribution in [-0.2, 0) is 23.1 Å². The predicted molar refractivity (Wildman–Crippen MR) is 110 cm³/mol. The molecule has 0 spiro atoms. The van der Waals surface area contributed by atoms with Crippen molar-refractivity contribution in [1.82, 2.24) is 4.31 Å². The van der Waals surface area contributed by atoms with Crippen LogP contribution in [0.15, 0.2) is 48.5 Å². The van der Waals surface area contributed by atoms with E-state index in [1.807, 2.05) is 48.5 Å². The van der Waals surface area contributed by atoms with Gasteiger partial charge in [-0.15, -0.1) is 0 Å². The van der Waals surface area contributed by atoms with Crippen molar-refractivity contribution in [2.45, 2.75) is 38.1 Å². The number of aliphatic hydroxyl groups excluding tert-OH is 1. The van der Waals surface area contributed by atoms with Crippen LogP contribution in [0.25, 0.3) is 0 Å². The van der Waals surface area contributed by atoms with Crippen LogP contribution in [0.3, 0.4) is 0 Å². The minimum absolute atomic E-state index is 0.0170. The van der Waals surface area contributed by atoms with Crippen molar-refractivity contribution < 1.29 is 23.0 Å². The second-order valence-corrected chi connectivity index (χ2v) is 9.04. The average Bonchev–Trinajstić information content (AvgIpc) is 2.72. The molecule has 2 aromatic rings. The van der Waals surface area contributed by atoms with Crippen LogP contribution in [0.4, 0.5) is 0 Å². The second-order valence-electron chi connectivity index (χ2n) is 6.69. The molecule has 1 N–H and O–H groups in total. The highest BCUT2D eigenvalue weighted by atomic mass is 32.2. The molecule has 0 heterocycles. The molecule has 0 amide bonds. The van der Waals surface area contributed by atoms with Gasteiger partial charge in [-0.05, 0) is 55.2 Å². The highest BCUT2D eigenvalue weighted by molar-refractivity contribution is 7.89. The topological polar surface area (TPSA) is 76.1 Å². The minimum Gasteiger partial charge on any atom is -0.497 e. The lowest BCUT2D eigenvalue weighted by molar-refractivity contribution is 0.283. The van der Waals surface area contributed by atoms with Crippen LogP contribution in [0.5, 0.6) is 11.5 Å². The lowest BCUT2D eigenvalue weighted by Crippen LogP contribution is -2.36. The molecule has 0 aliphatic heterocycles. The summed E-state index contributed by atoms with van der Waals surface area (Å²) in [7, 11) is -0.350. The zero-order valence-corrected chi connectivity index (χ0v) is 17.5. The minimum atomic E-state index is -3.54. The molecular weight excluding hydrogens is 378 g/mol. The summed E-state index contributed by atoms with van der Waals surface area (Å²) in [5.41, 5.74) is 1.76. The molecular formula is C21H29NO5S. The summed E-state index contributed by atoms with van der Waals surface area (Å²) in [6.45, 7) is 2.21. The Morgan fingerprint density at radius 3 is 1.68 bits per heavy atom. The Hall–Kier alpha value is -2.09. The van der Waals surface area contributed by atoms with Crippen LogP contribution in [0.1, 0.15) is 30.9 Å². The van der Waals surface area contributed by atoms with Gasteiger partial charge in [-0.2, -0.15) is 4.31 Å². The monoisotopic (exact) mass is 407 g/mol. The molecule has 2 aromatic carbocycles. The fourth-order valence-corrected chi connectivity index (χ4v) is 4.52. The van der Waals surface area contributed by atoms with Gasteiger partial charge >= 0.3 is 0 Å². The number of nitrogens with zero attached hydrogens (tertiary/aromatic N) is 1. The van der Waals surface area contributed by atoms with Crippen molar-refractivity contribution in [1.29, 1.82) is 0 Å². The van der Waals surface area contributed by atoms with Gasteiger partial charge in [0.1, 0.15) is 11.5 Å². The van der Waals surface area contributed by atoms with Crippen molar-refractivity contribution >= 4 is 10.0 Å². The van der Waals surface area contributed by atoms with E-state index in [-0.39, 0.29) is 19.7 Å². The van der Waals surface area contributed by atoms with E-state index < -0.39 is 15.3 Å². The standard InChI is InChI=1S/C21H29NO5S/c1-17(5-4-14-23)28(24,25)22(15-18-6-10-20(26-2)11-7-18)16-19-8-12-21(27-3)13-9-19/h6-13,17,23H,4-5,14-16H2,1-3H3. The smallest absolute Gasteiger partial charge is 0.217 e. The van der Waals surface area contributed by atoms with E-state index in [0.717, 1.165) is 22.6 Å². The Morgan fingerprint density at radius 2 is 1.32 bits per heavy atom. The van der Waals surface area contributed by atoms with Gasteiger partial charge in [0.25, 0.3) is 0 Å². The number of benzene rings is 2. The third-order valence-electron chi connectivity index (χ3n) is 4.67. The summed E-state index contributed by atoms with van der Waals surface area (Å²) in [5.74, 6) is 1.45. The van der Waals surface area contributed by atoms with Gasteiger partial charge in [0, 0.05) is 19.7 Å². The molecule has 154 valence electrons. The fraction of sp³-hybridized carbons (Fsp3) is 0.429. The molecule has 0 radical (unpaired) electrons. The van der Waals surface area contributed by atoms with Crippen molar-refractivity contribution in [2.24, 2.45) is 0 Å². The van der Waals surface area contributed by atoms with Gasteiger partial charge in [-0.1, -0.05) is 24.3 Å². The first-order valence-electron chi connectivity index (χ1n) is 9.26. The zero-order valence-electron chi connectivity index (χ0n) is 16.7. The van der Waals surface area contributed by atoms with Crippen LogP contribution in [-0.4, -0.2) is 43.9 Å². The number of hydrogen-bond donors (Lipinski definition) is 1. The first-order chi connectivity index (χ1) is 13.4. The Bertz CT molecular complexity index is 769. The summed E-state index contributed by atoms with van der Waals surface area (Å²) >= 11 is 0. The molecule has 0 aliphatic carbocycles. The van der Waals surface area contributed by atoms with E-state index in [1.165, 1.54) is 4.31 Å². The zero-order chi connectivity index (χ0) is 20.6. The molecule has 0 saturated carbocycles. The molecule has 0 aliphatic rings. The normalized spacial score (nSPS) is 12.8. The molecule has 0 aromatic heterocycles. The summed E-state index contributed by atoms with van der Waals surface area (Å²) in [6, 6.07) is 14.8. The molecule has 0 fully saturated rings. The van der Waals surface area contributed by atoms with E-state index in [9.17, 15) is 8.42 Å².